The Morgan fingerprint density at radius 3 is 2.05 bits per heavy atom. The van der Waals surface area contributed by atoms with Gasteiger partial charge in [0.15, 0.2) is 0 Å². The molecule has 0 spiro atoms. The molecule has 3 atom stereocenters. The fourth-order valence-electron chi connectivity index (χ4n) is 3.85. The van der Waals surface area contributed by atoms with Crippen molar-refractivity contribution in [3.8, 4) is 0 Å². The summed E-state index contributed by atoms with van der Waals surface area (Å²) in [5.74, 6) is 7.54. The van der Waals surface area contributed by atoms with Crippen LogP contribution < -0.4 is 11.3 Å². The Labute approximate surface area is 116 Å². The van der Waals surface area contributed by atoms with Gasteiger partial charge in [0.1, 0.15) is 0 Å². The lowest BCUT2D eigenvalue weighted by molar-refractivity contribution is -0.137. The second kappa shape index (κ2) is 5.04. The van der Waals surface area contributed by atoms with Crippen LogP contribution in [0.2, 0.25) is 0 Å². The highest BCUT2D eigenvalue weighted by Crippen LogP contribution is 2.60. The van der Waals surface area contributed by atoms with Crippen molar-refractivity contribution in [3.63, 3.8) is 0 Å². The van der Waals surface area contributed by atoms with E-state index in [0.717, 1.165) is 17.7 Å². The number of alkyl halides is 3. The van der Waals surface area contributed by atoms with Crippen molar-refractivity contribution in [2.45, 2.75) is 37.9 Å². The largest absolute Gasteiger partial charge is 0.416 e. The number of hydrazine groups is 1. The quantitative estimate of drug-likeness (QED) is 0.657. The van der Waals surface area contributed by atoms with Crippen LogP contribution in [0.3, 0.4) is 0 Å². The van der Waals surface area contributed by atoms with Gasteiger partial charge in [0.2, 0.25) is 0 Å². The van der Waals surface area contributed by atoms with E-state index in [-0.39, 0.29) is 6.04 Å². The fourth-order valence-corrected chi connectivity index (χ4v) is 3.85. The Bertz CT molecular complexity index is 457. The van der Waals surface area contributed by atoms with Crippen LogP contribution in [0.4, 0.5) is 13.2 Å². The maximum Gasteiger partial charge on any atom is 0.416 e. The molecule has 0 bridgehead atoms. The summed E-state index contributed by atoms with van der Waals surface area (Å²) >= 11 is 0. The summed E-state index contributed by atoms with van der Waals surface area (Å²) < 4.78 is 37.7. The number of rotatable bonds is 3. The van der Waals surface area contributed by atoms with Gasteiger partial charge in [0, 0.05) is 6.04 Å². The molecule has 0 saturated heterocycles. The van der Waals surface area contributed by atoms with Crippen molar-refractivity contribution in [1.82, 2.24) is 5.43 Å². The van der Waals surface area contributed by atoms with Gasteiger partial charge in [0.05, 0.1) is 5.56 Å². The second-order valence-corrected chi connectivity index (χ2v) is 5.95. The third kappa shape index (κ3) is 2.44. The molecule has 0 amide bonds. The molecular weight excluding hydrogens is 265 g/mol. The first kappa shape index (κ1) is 13.9. The zero-order chi connectivity index (χ0) is 14.3. The Hall–Kier alpha value is -1.07. The first-order chi connectivity index (χ1) is 9.52. The van der Waals surface area contributed by atoms with E-state index in [0.29, 0.717) is 17.8 Å². The van der Waals surface area contributed by atoms with Gasteiger partial charge in [-0.1, -0.05) is 25.0 Å². The predicted octanol–water partition coefficient (Wildman–Crippen LogP) is 3.65. The average Bonchev–Trinajstić information content (AvgIpc) is 3.14. The summed E-state index contributed by atoms with van der Waals surface area (Å²) in [6.07, 6.45) is 0.712. The highest BCUT2D eigenvalue weighted by molar-refractivity contribution is 5.29. The fraction of sp³-hybridized carbons (Fsp3) is 0.600. The molecule has 2 nitrogen and oxygen atoms in total. The van der Waals surface area contributed by atoms with Gasteiger partial charge in [-0.2, -0.15) is 13.2 Å². The van der Waals surface area contributed by atoms with Crippen molar-refractivity contribution in [3.05, 3.63) is 35.4 Å². The van der Waals surface area contributed by atoms with Gasteiger partial charge in [-0.3, -0.25) is 11.3 Å². The maximum absolute atomic E-state index is 12.6. The van der Waals surface area contributed by atoms with Gasteiger partial charge < -0.3 is 0 Å². The number of hydrogen-bond donors (Lipinski definition) is 2. The Morgan fingerprint density at radius 1 is 1.05 bits per heavy atom. The number of benzene rings is 1. The number of nitrogens with two attached hydrogens (primary N) is 1. The SMILES string of the molecule is NNC(c1ccc(C(F)(F)F)cc1)C1C2CCCCC21. The summed E-state index contributed by atoms with van der Waals surface area (Å²) in [6.45, 7) is 0. The summed E-state index contributed by atoms with van der Waals surface area (Å²) in [5.41, 5.74) is 3.07. The Kier molecular flexibility index (Phi) is 3.50. The molecule has 1 aromatic carbocycles. The van der Waals surface area contributed by atoms with Crippen molar-refractivity contribution in [2.24, 2.45) is 23.6 Å². The zero-order valence-corrected chi connectivity index (χ0v) is 11.2. The Balaban J connectivity index is 1.77. The molecule has 0 radical (unpaired) electrons. The van der Waals surface area contributed by atoms with E-state index in [1.165, 1.54) is 25.7 Å². The van der Waals surface area contributed by atoms with Crippen LogP contribution in [0.15, 0.2) is 24.3 Å². The molecule has 1 aromatic rings. The zero-order valence-electron chi connectivity index (χ0n) is 11.2. The predicted molar refractivity (Wildman–Crippen MR) is 70.4 cm³/mol. The normalized spacial score (nSPS) is 30.7. The molecule has 3 N–H and O–H groups in total. The first-order valence-corrected chi connectivity index (χ1v) is 7.15. The monoisotopic (exact) mass is 284 g/mol. The van der Waals surface area contributed by atoms with Crippen LogP contribution in [0.25, 0.3) is 0 Å². The van der Waals surface area contributed by atoms with Gasteiger partial charge in [0.25, 0.3) is 0 Å². The smallest absolute Gasteiger partial charge is 0.271 e. The molecule has 3 rings (SSSR count). The summed E-state index contributed by atoms with van der Waals surface area (Å²) in [6, 6.07) is 5.37. The Morgan fingerprint density at radius 2 is 1.60 bits per heavy atom. The van der Waals surface area contributed by atoms with Crippen molar-refractivity contribution < 1.29 is 13.2 Å². The number of fused-ring (bicyclic) bond motifs is 1. The molecule has 110 valence electrons. The molecule has 2 aliphatic rings. The molecule has 0 aromatic heterocycles. The minimum Gasteiger partial charge on any atom is -0.271 e. The molecule has 20 heavy (non-hydrogen) atoms. The van der Waals surface area contributed by atoms with Crippen LogP contribution in [-0.2, 0) is 6.18 Å². The summed E-state index contributed by atoms with van der Waals surface area (Å²) in [7, 11) is 0. The third-order valence-corrected chi connectivity index (χ3v) is 4.88. The molecule has 5 heteroatoms. The van der Waals surface area contributed by atoms with E-state index in [1.807, 2.05) is 0 Å². The summed E-state index contributed by atoms with van der Waals surface area (Å²) in [5, 5.41) is 0. The van der Waals surface area contributed by atoms with Crippen LogP contribution in [0.1, 0.15) is 42.9 Å². The molecule has 2 saturated carbocycles. The third-order valence-electron chi connectivity index (χ3n) is 4.88. The molecular formula is C15H19F3N2. The van der Waals surface area contributed by atoms with Crippen molar-refractivity contribution in [2.75, 3.05) is 0 Å². The lowest BCUT2D eigenvalue weighted by atomic mass is 9.99. The van der Waals surface area contributed by atoms with Crippen molar-refractivity contribution >= 4 is 0 Å². The van der Waals surface area contributed by atoms with Gasteiger partial charge >= 0.3 is 6.18 Å². The average molecular weight is 284 g/mol. The van der Waals surface area contributed by atoms with E-state index in [4.69, 9.17) is 5.84 Å². The molecule has 0 aliphatic heterocycles. The lowest BCUT2D eigenvalue weighted by Gasteiger charge is -2.17. The standard InChI is InChI=1S/C15H19F3N2/c16-15(17,18)10-7-5-9(6-8-10)14(20-19)13-11-3-1-2-4-12(11)13/h5-8,11-14,20H,1-4,19H2. The lowest BCUT2D eigenvalue weighted by Crippen LogP contribution is -2.30. The molecule has 2 aliphatic carbocycles. The summed E-state index contributed by atoms with van der Waals surface area (Å²) in [4.78, 5) is 0. The van der Waals surface area contributed by atoms with Crippen LogP contribution >= 0.6 is 0 Å². The van der Waals surface area contributed by atoms with E-state index in [9.17, 15) is 13.2 Å². The first-order valence-electron chi connectivity index (χ1n) is 7.15. The minimum atomic E-state index is -4.28. The van der Waals surface area contributed by atoms with E-state index in [2.05, 4.69) is 5.43 Å². The number of halogens is 3. The highest BCUT2D eigenvalue weighted by atomic mass is 19.4. The van der Waals surface area contributed by atoms with E-state index < -0.39 is 11.7 Å². The maximum atomic E-state index is 12.6. The second-order valence-electron chi connectivity index (χ2n) is 5.95. The van der Waals surface area contributed by atoms with E-state index in [1.54, 1.807) is 12.1 Å². The highest BCUT2D eigenvalue weighted by Gasteiger charge is 2.54. The number of hydrogen-bond acceptors (Lipinski definition) is 2. The topological polar surface area (TPSA) is 38.0 Å². The van der Waals surface area contributed by atoms with Crippen LogP contribution in [-0.4, -0.2) is 0 Å². The molecule has 0 heterocycles. The molecule has 3 unspecified atom stereocenters. The van der Waals surface area contributed by atoms with Crippen molar-refractivity contribution in [1.29, 1.82) is 0 Å². The minimum absolute atomic E-state index is 0.0228. The van der Waals surface area contributed by atoms with Crippen LogP contribution in [0, 0.1) is 17.8 Å². The van der Waals surface area contributed by atoms with E-state index >= 15 is 0 Å². The van der Waals surface area contributed by atoms with Gasteiger partial charge in [-0.25, -0.2) is 0 Å². The van der Waals surface area contributed by atoms with Gasteiger partial charge in [-0.05, 0) is 48.3 Å². The number of nitrogens with one attached hydrogen (secondary N) is 1. The van der Waals surface area contributed by atoms with Crippen LogP contribution in [0.5, 0.6) is 0 Å². The van der Waals surface area contributed by atoms with Gasteiger partial charge in [-0.15, -0.1) is 0 Å². The molecule has 2 fully saturated rings.